The van der Waals surface area contributed by atoms with E-state index in [0.29, 0.717) is 24.2 Å². The van der Waals surface area contributed by atoms with Crippen LogP contribution in [0.2, 0.25) is 0 Å². The molecule has 14 rings (SSSR count). The van der Waals surface area contributed by atoms with E-state index in [2.05, 4.69) is 210 Å². The van der Waals surface area contributed by atoms with Crippen molar-refractivity contribution in [3.8, 4) is 0 Å². The van der Waals surface area contributed by atoms with Gasteiger partial charge in [-0.05, 0) is 237 Å². The van der Waals surface area contributed by atoms with Crippen LogP contribution < -0.4 is 68.2 Å². The first kappa shape index (κ1) is 96.4. The summed E-state index contributed by atoms with van der Waals surface area (Å²) in [5, 5.41) is 17.7. The van der Waals surface area contributed by atoms with Gasteiger partial charge in [0.1, 0.15) is 6.09 Å². The second kappa shape index (κ2) is 43.1. The predicted octanol–water partition coefficient (Wildman–Crippen LogP) is 16.3. The monoisotopic (exact) mass is 1400 g/mol. The van der Waals surface area contributed by atoms with E-state index in [-0.39, 0.29) is 110 Å². The molecule has 1 amide bonds. The largest absolute Gasteiger partial charge is 4.00 e. The van der Waals surface area contributed by atoms with Gasteiger partial charge in [-0.25, -0.2) is 0 Å². The topological polar surface area (TPSA) is 91.0 Å². The third-order valence-corrected chi connectivity index (χ3v) is 25.0. The first-order chi connectivity index (χ1) is 44.0. The fourth-order valence-corrected chi connectivity index (χ4v) is 17.8. The van der Waals surface area contributed by atoms with Crippen molar-refractivity contribution in [2.75, 3.05) is 72.2 Å². The Hall–Kier alpha value is -4.63. The van der Waals surface area contributed by atoms with Crippen LogP contribution >= 0.6 is 0 Å². The van der Waals surface area contributed by atoms with E-state index in [1.807, 2.05) is 38.1 Å². The number of para-hydroxylation sites is 5. The molecule has 5 aromatic rings. The Balaban J connectivity index is 0.00000119. The van der Waals surface area contributed by atoms with Gasteiger partial charge in [0.05, 0.1) is 0 Å². The maximum atomic E-state index is 11.3. The molecule has 9 aliphatic rings. The van der Waals surface area contributed by atoms with Gasteiger partial charge in [0.15, 0.2) is 5.78 Å². The molecule has 101 heavy (non-hydrogen) atoms. The number of nitrogens with one attached hydrogen (secondary N) is 2. The van der Waals surface area contributed by atoms with Crippen LogP contribution in [0.25, 0.3) is 5.57 Å². The van der Waals surface area contributed by atoms with E-state index in [0.717, 1.165) is 102 Å². The number of aryl methyl sites for hydroxylation is 5. The average molecular weight is 1400 g/mol. The number of carbonyl (C=O) groups excluding carboxylic acids is 2. The normalized spacial score (nSPS) is 25.8. The molecular weight excluding hydrogens is 1260 g/mol. The van der Waals surface area contributed by atoms with E-state index in [4.69, 9.17) is 0 Å². The number of allylic oxidation sites excluding steroid dienone is 6. The van der Waals surface area contributed by atoms with Gasteiger partial charge < -0.3 is 64.9 Å². The van der Waals surface area contributed by atoms with Crippen molar-refractivity contribution < 1.29 is 74.1 Å². The second-order valence-electron chi connectivity index (χ2n) is 29.7. The molecule has 11 atom stereocenters. The molecule has 0 aromatic heterocycles. The van der Waals surface area contributed by atoms with Gasteiger partial charge in [-0.3, -0.25) is 4.79 Å². The van der Waals surface area contributed by atoms with Gasteiger partial charge in [0.25, 0.3) is 0 Å². The minimum absolute atomic E-state index is 0. The molecule has 5 aromatic carbocycles. The first-order valence-electron chi connectivity index (χ1n) is 36.0. The molecule has 4 aliphatic carbocycles. The molecule has 0 bridgehead atoms. The molecule has 0 radical (unpaired) electrons. The number of anilines is 5. The number of Topliss-reactive ketones (excluding diaryl/α,β-unsaturated/α-hetero) is 1. The number of nitrogens with zero attached hydrogens (tertiary/aromatic N) is 3. The molecule has 2 N–H and O–H groups in total. The first-order valence-corrected chi connectivity index (χ1v) is 36.0. The van der Waals surface area contributed by atoms with Crippen LogP contribution in [0.5, 0.6) is 0 Å². The maximum Gasteiger partial charge on any atom is 4.00 e. The Morgan fingerprint density at radius 3 is 1.29 bits per heavy atom. The maximum absolute atomic E-state index is 11.3. The number of carbonyl (C=O) groups is 2. The number of amides is 1. The van der Waals surface area contributed by atoms with Crippen molar-refractivity contribution in [2.45, 2.75) is 202 Å². The SMILES string of the molecule is C.C.CC1=C(C)C(C)C(C)C1=O.CC1=C(C)C(C)C(c2cccc3c2NCCC3)=C1C.CC1C(C)C(C)C(c2cccc3c2N(C)CCC3)C1C.CC1C(C)C(C)C(c2cccc3c2N(C)CCC3)C1C.O=C([O-])N1CCCc2ccccc21.[CH3-].[CH3-].[CH3-].[CH3-].[Li+].[Li+].[Ti+4].c1ccc2c(c1)CCCN2. The summed E-state index contributed by atoms with van der Waals surface area (Å²) in [7, 11) is 4.55. The Morgan fingerprint density at radius 1 is 0.446 bits per heavy atom. The van der Waals surface area contributed by atoms with Gasteiger partial charge in [-0.2, -0.15) is 0 Å². The summed E-state index contributed by atoms with van der Waals surface area (Å²) in [5.74, 6) is 9.55. The van der Waals surface area contributed by atoms with Crippen LogP contribution in [0.15, 0.2) is 131 Å². The smallest absolute Gasteiger partial charge is 0.530 e. The van der Waals surface area contributed by atoms with Gasteiger partial charge in [-0.15, -0.1) is 0 Å². The molecule has 5 aliphatic heterocycles. The van der Waals surface area contributed by atoms with Crippen LogP contribution in [0.3, 0.4) is 0 Å². The summed E-state index contributed by atoms with van der Waals surface area (Å²) in [6, 6.07) is 36.9. The molecule has 2 saturated carbocycles. The Kier molecular flexibility index (Phi) is 41.1. The molecule has 0 spiro atoms. The van der Waals surface area contributed by atoms with E-state index < -0.39 is 6.09 Å². The van der Waals surface area contributed by atoms with Crippen LogP contribution in [-0.2, 0) is 58.6 Å². The fourth-order valence-electron chi connectivity index (χ4n) is 17.8. The van der Waals surface area contributed by atoms with E-state index >= 15 is 0 Å². The number of carboxylic acid groups (broad SMARTS) is 1. The molecule has 0 saturated heterocycles. The number of rotatable bonds is 3. The Morgan fingerprint density at radius 2 is 0.851 bits per heavy atom. The standard InChI is InChI=1S/2C19H29N.C18H23N.C10H11NO2.C9H11N.C9H14O.2CH4.4CH3.2Li.Ti/c2*1-12-13(2)15(4)18(14(12)3)17-10-6-8-16-9-7-11-20(5)19(16)17;1-11-12(2)14(4)17(13(11)3)16-9-5-7-15-8-6-10-19-18(15)16;12-10(13)11-7-3-5-8-4-1-2-6-9(8)11;1-2-6-9-8(4-1)5-3-7-10-9;1-5-6(2)8(4)9(10)7(5)3;;;;;;;;;/h2*6,8,10,12-15,18H,7,9,11H2,1-5H3;5,7,9,13,19H,6,8,10H2,1-4H3;1-2,4,6H,3,5,7H2,(H,12,13);1-2,4,6,10H,3,5,7H2;5,7H,1-4H3;2*1H4;4*1H3;;;/q;;;;;;;;4*-1;2*+1;+4/p-1. The molecule has 544 valence electrons. The zero-order chi connectivity index (χ0) is 66.4. The van der Waals surface area contributed by atoms with E-state index in [9.17, 15) is 14.7 Å². The van der Waals surface area contributed by atoms with Crippen molar-refractivity contribution in [3.63, 3.8) is 0 Å². The molecule has 11 heteroatoms. The summed E-state index contributed by atoms with van der Waals surface area (Å²) >= 11 is 0. The van der Waals surface area contributed by atoms with Crippen molar-refractivity contribution in [1.29, 1.82) is 0 Å². The van der Waals surface area contributed by atoms with Crippen LogP contribution in [0.4, 0.5) is 33.2 Å². The molecule has 2 fully saturated rings. The number of fused-ring (bicyclic) bond motifs is 5. The third-order valence-electron chi connectivity index (χ3n) is 25.0. The quantitative estimate of drug-likeness (QED) is 0.137. The Bertz CT molecular complexity index is 3370. The zero-order valence-corrected chi connectivity index (χ0v) is 68.1. The van der Waals surface area contributed by atoms with Gasteiger partial charge in [-0.1, -0.05) is 193 Å². The molecule has 5 heterocycles. The van der Waals surface area contributed by atoms with Crippen molar-refractivity contribution >= 4 is 45.9 Å². The van der Waals surface area contributed by atoms with Crippen molar-refractivity contribution in [2.24, 2.45) is 65.1 Å². The van der Waals surface area contributed by atoms with Crippen LogP contribution in [0, 0.1) is 94.8 Å². The molecular formula is C90H136Li2N5O3Ti+. The van der Waals surface area contributed by atoms with E-state index in [1.54, 1.807) is 33.6 Å². The van der Waals surface area contributed by atoms with E-state index in [1.165, 1.54) is 125 Å². The van der Waals surface area contributed by atoms with Gasteiger partial charge in [0.2, 0.25) is 0 Å². The summed E-state index contributed by atoms with van der Waals surface area (Å²) in [4.78, 5) is 28.3. The second-order valence-corrected chi connectivity index (χ2v) is 29.7. The number of hydrogen-bond donors (Lipinski definition) is 2. The third kappa shape index (κ3) is 20.9. The number of benzene rings is 5. The summed E-state index contributed by atoms with van der Waals surface area (Å²) in [5.41, 5.74) is 26.8. The van der Waals surface area contributed by atoms with Crippen LogP contribution in [-0.4, -0.2) is 58.7 Å². The average Bonchev–Trinajstić information content (AvgIpc) is 1.68. The molecule has 8 nitrogen and oxygen atoms in total. The van der Waals surface area contributed by atoms with Crippen molar-refractivity contribution in [1.82, 2.24) is 0 Å². The van der Waals surface area contributed by atoms with Crippen LogP contribution in [0.1, 0.15) is 214 Å². The Labute approximate surface area is 659 Å². The number of hydrogen-bond acceptors (Lipinski definition) is 7. The predicted molar refractivity (Wildman–Crippen MR) is 430 cm³/mol. The number of ketones is 1. The molecule has 11 unspecified atom stereocenters. The zero-order valence-electron chi connectivity index (χ0n) is 66.5. The fraction of sp³-hybridized carbons (Fsp3) is 0.533. The van der Waals surface area contributed by atoms with Crippen molar-refractivity contribution in [3.05, 3.63) is 205 Å². The van der Waals surface area contributed by atoms with Gasteiger partial charge >= 0.3 is 59.4 Å². The van der Waals surface area contributed by atoms with Gasteiger partial charge in [0, 0.05) is 92.7 Å². The minimum atomic E-state index is -1.10. The summed E-state index contributed by atoms with van der Waals surface area (Å²) in [6.07, 6.45) is 10.8. The minimum Gasteiger partial charge on any atom is -0.530 e. The summed E-state index contributed by atoms with van der Waals surface area (Å²) in [6.45, 7) is 42.2. The summed E-state index contributed by atoms with van der Waals surface area (Å²) < 4.78 is 0.